The third kappa shape index (κ3) is 4.31. The quantitative estimate of drug-likeness (QED) is 0.878. The normalized spacial score (nSPS) is 22.5. The first-order valence-corrected chi connectivity index (χ1v) is 7.99. The van der Waals surface area contributed by atoms with Gasteiger partial charge in [0.1, 0.15) is 0 Å². The summed E-state index contributed by atoms with van der Waals surface area (Å²) in [4.78, 5) is 12.0. The van der Waals surface area contributed by atoms with E-state index in [9.17, 15) is 4.79 Å². The van der Waals surface area contributed by atoms with Gasteiger partial charge >= 0.3 is 0 Å². The van der Waals surface area contributed by atoms with Crippen LogP contribution < -0.4 is 10.6 Å². The molecule has 1 fully saturated rings. The number of anilines is 1. The minimum Gasteiger partial charge on any atom is -0.368 e. The largest absolute Gasteiger partial charge is 0.368 e. The van der Waals surface area contributed by atoms with Gasteiger partial charge in [-0.2, -0.15) is 0 Å². The number of aryl methyl sites for hydroxylation is 1. The molecule has 1 aliphatic rings. The van der Waals surface area contributed by atoms with E-state index in [1.54, 1.807) is 0 Å². The summed E-state index contributed by atoms with van der Waals surface area (Å²) in [5, 5.41) is 6.44. The van der Waals surface area contributed by atoms with Crippen LogP contribution in [0.5, 0.6) is 0 Å². The molecule has 1 aromatic rings. The van der Waals surface area contributed by atoms with Gasteiger partial charge in [-0.25, -0.2) is 0 Å². The molecule has 1 amide bonds. The summed E-state index contributed by atoms with van der Waals surface area (Å²) in [6.45, 7) is 11.1. The van der Waals surface area contributed by atoms with E-state index in [0.717, 1.165) is 17.7 Å². The van der Waals surface area contributed by atoms with Gasteiger partial charge in [0.2, 0.25) is 5.91 Å². The first kappa shape index (κ1) is 17.0. The Hall–Kier alpha value is -1.39. The average molecular weight is 304 g/mol. The first-order valence-electron chi connectivity index (χ1n) is 7.99. The monoisotopic (exact) mass is 304 g/mol. The van der Waals surface area contributed by atoms with Crippen molar-refractivity contribution in [2.24, 2.45) is 0 Å². The van der Waals surface area contributed by atoms with Crippen LogP contribution in [-0.2, 0) is 9.53 Å². The Bertz CT molecular complexity index is 538. The summed E-state index contributed by atoms with van der Waals surface area (Å²) in [5.74, 6) is 0.0396. The predicted molar refractivity (Wildman–Crippen MR) is 90.1 cm³/mol. The molecule has 0 unspecified atom stereocenters. The summed E-state index contributed by atoms with van der Waals surface area (Å²) >= 11 is 0. The Morgan fingerprint density at radius 3 is 2.55 bits per heavy atom. The molecule has 1 saturated heterocycles. The highest BCUT2D eigenvalue weighted by molar-refractivity contribution is 5.91. The summed E-state index contributed by atoms with van der Waals surface area (Å²) in [7, 11) is 0. The molecule has 2 N–H and O–H groups in total. The molecule has 0 aliphatic carbocycles. The second-order valence-electron chi connectivity index (χ2n) is 7.29. The van der Waals surface area contributed by atoms with E-state index in [4.69, 9.17) is 4.74 Å². The van der Waals surface area contributed by atoms with Crippen molar-refractivity contribution in [3.05, 3.63) is 29.8 Å². The second kappa shape index (κ2) is 6.39. The van der Waals surface area contributed by atoms with E-state index in [1.165, 1.54) is 0 Å². The van der Waals surface area contributed by atoms with Crippen molar-refractivity contribution in [3.8, 4) is 0 Å². The van der Waals surface area contributed by atoms with Crippen molar-refractivity contribution < 1.29 is 9.53 Å². The maximum atomic E-state index is 12.0. The summed E-state index contributed by atoms with van der Waals surface area (Å²) in [6, 6.07) is 8.09. The van der Waals surface area contributed by atoms with Gasteiger partial charge in [-0.3, -0.25) is 4.79 Å². The number of nitrogens with one attached hydrogen (secondary N) is 2. The molecule has 1 aliphatic heterocycles. The van der Waals surface area contributed by atoms with E-state index < -0.39 is 0 Å². The highest BCUT2D eigenvalue weighted by atomic mass is 16.5. The molecule has 1 atom stereocenters. The lowest BCUT2D eigenvalue weighted by atomic mass is 9.94. The Morgan fingerprint density at radius 1 is 1.27 bits per heavy atom. The lowest BCUT2D eigenvalue weighted by Gasteiger charge is -2.27. The molecule has 1 aromatic carbocycles. The number of rotatable bonds is 5. The molecule has 1 heterocycles. The number of hydrogen-bond donors (Lipinski definition) is 2. The van der Waals surface area contributed by atoms with Crippen molar-refractivity contribution >= 4 is 11.6 Å². The van der Waals surface area contributed by atoms with Gasteiger partial charge in [0.25, 0.3) is 0 Å². The minimum absolute atomic E-state index is 0.0396. The molecular weight excluding hydrogens is 276 g/mol. The van der Waals surface area contributed by atoms with E-state index in [-0.39, 0.29) is 23.2 Å². The molecule has 22 heavy (non-hydrogen) atoms. The number of amides is 1. The number of carbonyl (C=O) groups is 1. The number of ether oxygens (including phenoxy) is 1. The highest BCUT2D eigenvalue weighted by Gasteiger charge is 2.45. The molecule has 0 radical (unpaired) electrons. The highest BCUT2D eigenvalue weighted by Crippen LogP contribution is 2.37. The van der Waals surface area contributed by atoms with Crippen LogP contribution in [0.2, 0.25) is 0 Å². The summed E-state index contributed by atoms with van der Waals surface area (Å²) < 4.78 is 6.05. The van der Waals surface area contributed by atoms with Gasteiger partial charge in [-0.1, -0.05) is 18.2 Å². The maximum absolute atomic E-state index is 12.0. The summed E-state index contributed by atoms with van der Waals surface area (Å²) in [6.07, 6.45) is 1.42. The molecule has 0 aromatic heterocycles. The van der Waals surface area contributed by atoms with Crippen molar-refractivity contribution in [2.45, 2.75) is 64.7 Å². The van der Waals surface area contributed by atoms with Gasteiger partial charge < -0.3 is 15.4 Å². The van der Waals surface area contributed by atoms with Gasteiger partial charge in [0.15, 0.2) is 0 Å². The average Bonchev–Trinajstić information content (AvgIpc) is 2.60. The van der Waals surface area contributed by atoms with Crippen LogP contribution in [0.4, 0.5) is 5.69 Å². The van der Waals surface area contributed by atoms with Crippen LogP contribution in [0.15, 0.2) is 24.3 Å². The first-order chi connectivity index (χ1) is 10.2. The Balaban J connectivity index is 1.79. The van der Waals surface area contributed by atoms with Crippen LogP contribution >= 0.6 is 0 Å². The Kier molecular flexibility index (Phi) is 4.93. The third-order valence-corrected chi connectivity index (χ3v) is 4.24. The van der Waals surface area contributed by atoms with Crippen molar-refractivity contribution in [1.29, 1.82) is 0 Å². The lowest BCUT2D eigenvalue weighted by Crippen LogP contribution is -2.44. The SMILES string of the molecule is Cc1ccccc1NC(=O)CCN[C@H]1CC(C)(C)OC1(C)C. The van der Waals surface area contributed by atoms with E-state index in [0.29, 0.717) is 13.0 Å². The Morgan fingerprint density at radius 2 is 1.95 bits per heavy atom. The van der Waals surface area contributed by atoms with Gasteiger partial charge in [-0.15, -0.1) is 0 Å². The van der Waals surface area contributed by atoms with E-state index >= 15 is 0 Å². The van der Waals surface area contributed by atoms with Gasteiger partial charge in [0, 0.05) is 24.7 Å². The van der Waals surface area contributed by atoms with Crippen molar-refractivity contribution in [3.63, 3.8) is 0 Å². The molecule has 0 spiro atoms. The van der Waals surface area contributed by atoms with Crippen LogP contribution in [0.1, 0.15) is 46.1 Å². The fourth-order valence-electron chi connectivity index (χ4n) is 3.17. The fraction of sp³-hybridized carbons (Fsp3) is 0.611. The number of para-hydroxylation sites is 1. The van der Waals surface area contributed by atoms with E-state index in [2.05, 4.69) is 38.3 Å². The zero-order chi connectivity index (χ0) is 16.4. The van der Waals surface area contributed by atoms with E-state index in [1.807, 2.05) is 31.2 Å². The number of carbonyl (C=O) groups excluding carboxylic acids is 1. The van der Waals surface area contributed by atoms with Crippen LogP contribution in [0.3, 0.4) is 0 Å². The molecule has 0 saturated carbocycles. The fourth-order valence-corrected chi connectivity index (χ4v) is 3.17. The second-order valence-corrected chi connectivity index (χ2v) is 7.29. The molecular formula is C18H28N2O2. The lowest BCUT2D eigenvalue weighted by molar-refractivity contribution is -0.116. The predicted octanol–water partition coefficient (Wildman–Crippen LogP) is 3.26. The number of hydrogen-bond acceptors (Lipinski definition) is 3. The van der Waals surface area contributed by atoms with Crippen molar-refractivity contribution in [2.75, 3.05) is 11.9 Å². The van der Waals surface area contributed by atoms with Crippen LogP contribution in [0, 0.1) is 6.92 Å². The zero-order valence-corrected chi connectivity index (χ0v) is 14.3. The molecule has 4 nitrogen and oxygen atoms in total. The van der Waals surface area contributed by atoms with Crippen LogP contribution in [0.25, 0.3) is 0 Å². The molecule has 2 rings (SSSR count). The molecule has 122 valence electrons. The summed E-state index contributed by atoms with van der Waals surface area (Å²) in [5.41, 5.74) is 1.66. The minimum atomic E-state index is -0.198. The zero-order valence-electron chi connectivity index (χ0n) is 14.3. The Labute approximate surface area is 133 Å². The van der Waals surface area contributed by atoms with Crippen molar-refractivity contribution in [1.82, 2.24) is 5.32 Å². The standard InChI is InChI=1S/C18H28N2O2/c1-13-8-6-7-9-14(13)20-16(21)10-11-19-15-12-17(2,3)22-18(15,4)5/h6-9,15,19H,10-12H2,1-5H3,(H,20,21)/t15-/m0/s1. The topological polar surface area (TPSA) is 50.4 Å². The maximum Gasteiger partial charge on any atom is 0.225 e. The van der Waals surface area contributed by atoms with Gasteiger partial charge in [-0.05, 0) is 52.7 Å². The third-order valence-electron chi connectivity index (χ3n) is 4.24. The molecule has 4 heteroatoms. The van der Waals surface area contributed by atoms with Gasteiger partial charge in [0.05, 0.1) is 11.2 Å². The number of benzene rings is 1. The smallest absolute Gasteiger partial charge is 0.225 e. The van der Waals surface area contributed by atoms with Crippen LogP contribution in [-0.4, -0.2) is 29.7 Å². The molecule has 0 bridgehead atoms.